The fraction of sp³-hybridized carbons (Fsp3) is 0.185. The Kier molecular flexibility index (Phi) is 8.70. The van der Waals surface area contributed by atoms with Gasteiger partial charge in [-0.2, -0.15) is 0 Å². The molecule has 1 atom stereocenters. The van der Waals surface area contributed by atoms with Gasteiger partial charge in [-0.1, -0.05) is 48.8 Å². The number of nitrogens with zero attached hydrogens (tertiary/aromatic N) is 1. The summed E-state index contributed by atoms with van der Waals surface area (Å²) in [5, 5.41) is 13.3. The van der Waals surface area contributed by atoms with Gasteiger partial charge in [0, 0.05) is 17.5 Å². The average molecular weight is 595 g/mol. The van der Waals surface area contributed by atoms with Gasteiger partial charge in [-0.3, -0.25) is 4.72 Å². The van der Waals surface area contributed by atoms with Crippen LogP contribution in [0.1, 0.15) is 41.4 Å². The lowest BCUT2D eigenvalue weighted by Gasteiger charge is -2.14. The Hall–Kier alpha value is -4.03. The molecule has 0 saturated heterocycles. The van der Waals surface area contributed by atoms with Crippen molar-refractivity contribution in [1.82, 2.24) is 5.16 Å². The van der Waals surface area contributed by atoms with Gasteiger partial charge < -0.3 is 19.1 Å². The molecule has 0 aliphatic carbocycles. The first kappa shape index (κ1) is 29.0. The summed E-state index contributed by atoms with van der Waals surface area (Å²) >= 11 is 6.37. The van der Waals surface area contributed by atoms with Gasteiger partial charge in [-0.05, 0) is 42.5 Å². The molecule has 0 bridgehead atoms. The van der Waals surface area contributed by atoms with Crippen molar-refractivity contribution in [3.63, 3.8) is 0 Å². The first-order valence-corrected chi connectivity index (χ1v) is 13.2. The van der Waals surface area contributed by atoms with E-state index in [2.05, 4.69) is 14.6 Å². The molecule has 0 amide bonds. The third-order valence-corrected chi connectivity index (χ3v) is 6.93. The van der Waals surface area contributed by atoms with Crippen molar-refractivity contribution in [2.24, 2.45) is 0 Å². The van der Waals surface area contributed by atoms with Crippen LogP contribution in [0.4, 0.5) is 18.9 Å². The van der Waals surface area contributed by atoms with E-state index in [1.165, 1.54) is 54.6 Å². The van der Waals surface area contributed by atoms with Gasteiger partial charge in [-0.15, -0.1) is 13.2 Å². The molecule has 8 nitrogen and oxygen atoms in total. The standard InChI is InChI=1S/C27H22ClF3N2O6S/c1-15(2)25-20(24(32-39-25)19-8-3-4-9-23(19)38-27(29,30)31)14-37-17-10-11-22(21(28)13-17)33-40(36)18-7-5-6-16(12-18)26(34)35/h3-13,15,33H,14H2,1-2H3,(H,34,35). The molecule has 1 unspecified atom stereocenters. The number of benzene rings is 3. The van der Waals surface area contributed by atoms with E-state index in [9.17, 15) is 22.2 Å². The third kappa shape index (κ3) is 6.93. The van der Waals surface area contributed by atoms with E-state index < -0.39 is 29.1 Å². The molecule has 13 heteroatoms. The van der Waals surface area contributed by atoms with Gasteiger partial charge >= 0.3 is 12.3 Å². The maximum atomic E-state index is 13.0. The predicted octanol–water partition coefficient (Wildman–Crippen LogP) is 7.43. The Morgan fingerprint density at radius 1 is 1.12 bits per heavy atom. The maximum Gasteiger partial charge on any atom is 0.573 e. The van der Waals surface area contributed by atoms with Crippen LogP contribution in [0.25, 0.3) is 11.3 Å². The number of ether oxygens (including phenoxy) is 2. The molecule has 0 spiro atoms. The summed E-state index contributed by atoms with van der Waals surface area (Å²) in [5.74, 6) is -0.983. The van der Waals surface area contributed by atoms with Gasteiger partial charge in [0.25, 0.3) is 0 Å². The van der Waals surface area contributed by atoms with E-state index in [1.54, 1.807) is 12.1 Å². The molecular formula is C27H22ClF3N2O6S. The highest BCUT2D eigenvalue weighted by atomic mass is 35.5. The number of carbonyl (C=O) groups is 1. The minimum Gasteiger partial charge on any atom is -0.489 e. The number of alkyl halides is 3. The number of para-hydroxylation sites is 1. The zero-order chi connectivity index (χ0) is 29.0. The van der Waals surface area contributed by atoms with E-state index in [-0.39, 0.29) is 39.3 Å². The van der Waals surface area contributed by atoms with Crippen molar-refractivity contribution >= 4 is 34.2 Å². The Bertz CT molecular complexity index is 1560. The smallest absolute Gasteiger partial charge is 0.489 e. The van der Waals surface area contributed by atoms with Crippen molar-refractivity contribution in [3.05, 3.63) is 88.6 Å². The van der Waals surface area contributed by atoms with Crippen molar-refractivity contribution in [1.29, 1.82) is 0 Å². The third-order valence-electron chi connectivity index (χ3n) is 5.53. The lowest BCUT2D eigenvalue weighted by molar-refractivity contribution is -0.274. The summed E-state index contributed by atoms with van der Waals surface area (Å²) in [5.41, 5.74) is 0.961. The molecule has 0 fully saturated rings. The van der Waals surface area contributed by atoms with Crippen molar-refractivity contribution < 1.29 is 41.3 Å². The Morgan fingerprint density at radius 2 is 1.88 bits per heavy atom. The molecule has 0 aliphatic heterocycles. The van der Waals surface area contributed by atoms with Crippen LogP contribution in [0.3, 0.4) is 0 Å². The number of halogens is 4. The zero-order valence-electron chi connectivity index (χ0n) is 21.0. The summed E-state index contributed by atoms with van der Waals surface area (Å²) in [4.78, 5) is 11.4. The molecule has 1 heterocycles. The number of rotatable bonds is 10. The molecule has 0 saturated carbocycles. The quantitative estimate of drug-likeness (QED) is 0.196. The monoisotopic (exact) mass is 594 g/mol. The molecule has 4 aromatic rings. The molecule has 210 valence electrons. The Morgan fingerprint density at radius 3 is 2.55 bits per heavy atom. The second-order valence-corrected chi connectivity index (χ2v) is 10.3. The normalized spacial score (nSPS) is 12.3. The maximum absolute atomic E-state index is 13.0. The van der Waals surface area contributed by atoms with Crippen LogP contribution < -0.4 is 14.2 Å². The number of aromatic nitrogens is 1. The molecule has 3 aromatic carbocycles. The Labute approximate surface area is 234 Å². The van der Waals surface area contributed by atoms with Crippen LogP contribution in [0.15, 0.2) is 76.1 Å². The van der Waals surface area contributed by atoms with Crippen LogP contribution in [-0.4, -0.2) is 26.8 Å². The van der Waals surface area contributed by atoms with Gasteiger partial charge in [0.1, 0.15) is 40.5 Å². The first-order chi connectivity index (χ1) is 18.9. The SMILES string of the molecule is CC(C)c1onc(-c2ccccc2OC(F)(F)F)c1COc1ccc(NS(=O)c2cccc(C(=O)O)c2)c(Cl)c1. The topological polar surface area (TPSA) is 111 Å². The van der Waals surface area contributed by atoms with Crippen molar-refractivity contribution in [2.45, 2.75) is 37.6 Å². The summed E-state index contributed by atoms with van der Waals surface area (Å²) in [6, 6.07) is 15.8. The number of carboxylic acids is 1. The van der Waals surface area contributed by atoms with E-state index >= 15 is 0 Å². The largest absolute Gasteiger partial charge is 0.573 e. The second kappa shape index (κ2) is 12.0. The summed E-state index contributed by atoms with van der Waals surface area (Å²) < 4.78 is 69.9. The number of hydrogen-bond acceptors (Lipinski definition) is 6. The first-order valence-electron chi connectivity index (χ1n) is 11.7. The van der Waals surface area contributed by atoms with Crippen LogP contribution in [0.5, 0.6) is 11.5 Å². The average Bonchev–Trinajstić information content (AvgIpc) is 3.32. The van der Waals surface area contributed by atoms with Crippen molar-refractivity contribution in [3.8, 4) is 22.8 Å². The number of hydrogen-bond donors (Lipinski definition) is 2. The summed E-state index contributed by atoms with van der Waals surface area (Å²) in [6.07, 6.45) is -4.90. The van der Waals surface area contributed by atoms with Gasteiger partial charge in [0.05, 0.1) is 26.7 Å². The highest BCUT2D eigenvalue weighted by Crippen LogP contribution is 2.38. The van der Waals surface area contributed by atoms with E-state index in [0.717, 1.165) is 0 Å². The van der Waals surface area contributed by atoms with E-state index in [4.69, 9.17) is 26.0 Å². The molecule has 40 heavy (non-hydrogen) atoms. The predicted molar refractivity (Wildman–Crippen MR) is 142 cm³/mol. The molecule has 2 N–H and O–H groups in total. The lowest BCUT2D eigenvalue weighted by Crippen LogP contribution is -2.17. The minimum atomic E-state index is -4.90. The van der Waals surface area contributed by atoms with Gasteiger partial charge in [0.2, 0.25) is 0 Å². The number of nitrogens with one attached hydrogen (secondary N) is 1. The lowest BCUT2D eigenvalue weighted by atomic mass is 10.0. The van der Waals surface area contributed by atoms with Crippen LogP contribution in [0.2, 0.25) is 5.02 Å². The van der Waals surface area contributed by atoms with Gasteiger partial charge in [-0.25, -0.2) is 9.00 Å². The summed E-state index contributed by atoms with van der Waals surface area (Å²) in [7, 11) is -1.80. The summed E-state index contributed by atoms with van der Waals surface area (Å²) in [6.45, 7) is 3.58. The highest BCUT2D eigenvalue weighted by molar-refractivity contribution is 7.86. The molecule has 1 aromatic heterocycles. The fourth-order valence-corrected chi connectivity index (χ4v) is 4.94. The van der Waals surface area contributed by atoms with Crippen molar-refractivity contribution in [2.75, 3.05) is 4.72 Å². The minimum absolute atomic E-state index is 0.0102. The van der Waals surface area contributed by atoms with Crippen LogP contribution in [-0.2, 0) is 17.6 Å². The number of anilines is 1. The molecule has 4 rings (SSSR count). The molecular weight excluding hydrogens is 573 g/mol. The second-order valence-electron chi connectivity index (χ2n) is 8.71. The van der Waals surface area contributed by atoms with Crippen LogP contribution in [0, 0.1) is 0 Å². The zero-order valence-corrected chi connectivity index (χ0v) is 22.6. The highest BCUT2D eigenvalue weighted by Gasteiger charge is 2.33. The van der Waals surface area contributed by atoms with Crippen LogP contribution >= 0.6 is 11.6 Å². The molecule has 0 aliphatic rings. The Balaban J connectivity index is 1.54. The van der Waals surface area contributed by atoms with E-state index in [1.807, 2.05) is 13.8 Å². The number of carboxylic acid groups (broad SMARTS) is 1. The molecule has 0 radical (unpaired) electrons. The fourth-order valence-electron chi connectivity index (χ4n) is 3.73. The van der Waals surface area contributed by atoms with Gasteiger partial charge in [0.15, 0.2) is 0 Å². The van der Waals surface area contributed by atoms with E-state index in [0.29, 0.717) is 22.8 Å². The number of aromatic carboxylic acids is 1.